The first-order valence-electron chi connectivity index (χ1n) is 3.10. The van der Waals surface area contributed by atoms with Crippen molar-refractivity contribution < 1.29 is 47.4 Å². The third kappa shape index (κ3) is 8.02. The van der Waals surface area contributed by atoms with Crippen LogP contribution in [0.25, 0.3) is 0 Å². The summed E-state index contributed by atoms with van der Waals surface area (Å²) in [4.78, 5) is 20.5. The maximum atomic E-state index is 10.5. The molecule has 0 aromatic carbocycles. The van der Waals surface area contributed by atoms with Gasteiger partial charge in [-0.1, -0.05) is 6.92 Å². The smallest absolute Gasteiger partial charge is 0.163 e. The molecule has 0 saturated heterocycles. The quantitative estimate of drug-likeness (QED) is 0.732. The molecule has 0 bridgehead atoms. The largest absolute Gasteiger partial charge is 0.503 e. The van der Waals surface area contributed by atoms with Gasteiger partial charge in [0.25, 0.3) is 0 Å². The second-order valence-electron chi connectivity index (χ2n) is 2.29. The number of ketones is 1. The summed E-state index contributed by atoms with van der Waals surface area (Å²) < 4.78 is 0. The van der Waals surface area contributed by atoms with Crippen molar-refractivity contribution in [2.24, 2.45) is 5.92 Å². The normalized spacial score (nSPS) is 11.1. The molecule has 0 rings (SSSR count). The van der Waals surface area contributed by atoms with Crippen LogP contribution in [0.4, 0.5) is 0 Å². The fourth-order valence-electron chi connectivity index (χ4n) is 0.444. The number of carboxylic acid groups (broad SMARTS) is 1. The minimum Gasteiger partial charge on any atom is -0.503 e. The van der Waals surface area contributed by atoms with Gasteiger partial charge in [0, 0.05) is 32.7 Å². The number of carboxylic acids is 1. The average Bonchev–Trinajstić information content (AvgIpc) is 1.82. The number of Topliss-reactive ketones (excluding diaryl/α,β-unsaturated/α-hetero) is 1. The molecule has 0 aliphatic carbocycles. The van der Waals surface area contributed by atoms with Gasteiger partial charge in [-0.25, -0.2) is 0 Å². The number of hydrogen-bond donors (Lipinski definition) is 1. The van der Waals surface area contributed by atoms with Crippen LogP contribution in [0.3, 0.4) is 0 Å². The van der Waals surface area contributed by atoms with E-state index in [4.69, 9.17) is 5.11 Å². The van der Waals surface area contributed by atoms with E-state index in [1.54, 1.807) is 6.92 Å². The van der Waals surface area contributed by atoms with Crippen molar-refractivity contribution >= 4 is 11.8 Å². The van der Waals surface area contributed by atoms with Crippen molar-refractivity contribution in [2.75, 3.05) is 0 Å². The first kappa shape index (κ1) is 13.7. The van der Waals surface area contributed by atoms with Gasteiger partial charge in [-0.3, -0.25) is 16.0 Å². The maximum Gasteiger partial charge on any atom is 0.163 e. The molecule has 1 atom stereocenters. The number of carbonyl (C=O) groups is 2. The fraction of sp³-hybridized carbons (Fsp3) is 0.571. The van der Waals surface area contributed by atoms with Gasteiger partial charge in [0.2, 0.25) is 0 Å². The second kappa shape index (κ2) is 6.80. The topological polar surface area (TPSA) is 54.4 Å². The summed E-state index contributed by atoms with van der Waals surface area (Å²) in [7, 11) is 0. The Morgan fingerprint density at radius 3 is 2.27 bits per heavy atom. The summed E-state index contributed by atoms with van der Waals surface area (Å²) in [6, 6.07) is 0. The predicted octanol–water partition coefficient (Wildman–Crippen LogP) is 0.888. The van der Waals surface area contributed by atoms with Gasteiger partial charge < -0.3 is 5.11 Å². The van der Waals surface area contributed by atoms with E-state index in [2.05, 4.69) is 0 Å². The van der Waals surface area contributed by atoms with Crippen LogP contribution in [-0.4, -0.2) is 16.9 Å². The van der Waals surface area contributed by atoms with E-state index in [-0.39, 0.29) is 44.4 Å². The molecule has 0 aromatic heterocycles. The Labute approximate surface area is 91.4 Å². The van der Waals surface area contributed by atoms with E-state index in [1.165, 1.54) is 6.92 Å². The Kier molecular flexibility index (Phi) is 8.46. The third-order valence-electron chi connectivity index (χ3n) is 1.34. The molecule has 0 aliphatic heterocycles. The fourth-order valence-corrected chi connectivity index (χ4v) is 0.444. The van der Waals surface area contributed by atoms with E-state index in [9.17, 15) is 9.59 Å². The molecule has 0 amide bonds. The Bertz CT molecular complexity index is 145. The molecule has 0 aliphatic rings. The summed E-state index contributed by atoms with van der Waals surface area (Å²) in [6.07, 6.45) is 1.43. The van der Waals surface area contributed by atoms with Crippen LogP contribution < -0.4 is 0 Å². The van der Waals surface area contributed by atoms with Crippen molar-refractivity contribution in [3.05, 3.63) is 6.42 Å². The molecule has 1 radical (unpaired) electrons. The van der Waals surface area contributed by atoms with E-state index in [0.29, 0.717) is 6.42 Å². The Morgan fingerprint density at radius 1 is 1.55 bits per heavy atom. The van der Waals surface area contributed by atoms with Gasteiger partial charge in [0.15, 0.2) is 5.97 Å². The van der Waals surface area contributed by atoms with E-state index >= 15 is 0 Å². The SMILES string of the molecule is CC(=O)C(C)C[CH-]C(=O)O.[Y]. The summed E-state index contributed by atoms with van der Waals surface area (Å²) in [6.45, 7) is 3.17. The molecular weight excluding hydrogens is 221 g/mol. The standard InChI is InChI=1S/C7H11O3.Y/c1-5(6(2)8)3-4-7(9)10;/h4-5H,3H2,1-2H3,(H,9,10);/q-1;. The maximum absolute atomic E-state index is 10.5. The van der Waals surface area contributed by atoms with E-state index < -0.39 is 5.97 Å². The molecule has 61 valence electrons. The minimum atomic E-state index is -0.965. The van der Waals surface area contributed by atoms with Crippen LogP contribution in [0, 0.1) is 12.3 Å². The van der Waals surface area contributed by atoms with Crippen molar-refractivity contribution in [3.8, 4) is 0 Å². The van der Waals surface area contributed by atoms with Crippen LogP contribution in [0.1, 0.15) is 20.3 Å². The number of hydrogen-bond acceptors (Lipinski definition) is 2. The van der Waals surface area contributed by atoms with Gasteiger partial charge >= 0.3 is 0 Å². The molecule has 0 spiro atoms. The summed E-state index contributed by atoms with van der Waals surface area (Å²) in [5.41, 5.74) is 0. The van der Waals surface area contributed by atoms with E-state index in [0.717, 1.165) is 6.42 Å². The Morgan fingerprint density at radius 2 is 2.00 bits per heavy atom. The molecule has 4 heteroatoms. The summed E-state index contributed by atoms with van der Waals surface area (Å²) >= 11 is 0. The molecule has 3 nitrogen and oxygen atoms in total. The van der Waals surface area contributed by atoms with Gasteiger partial charge in [-0.15, -0.1) is 6.42 Å². The summed E-state index contributed by atoms with van der Waals surface area (Å²) in [5, 5.41) is 8.18. The molecule has 0 saturated carbocycles. The first-order valence-corrected chi connectivity index (χ1v) is 3.10. The van der Waals surface area contributed by atoms with Crippen LogP contribution in [0.5, 0.6) is 0 Å². The van der Waals surface area contributed by atoms with Gasteiger partial charge in [0.1, 0.15) is 5.78 Å². The average molecular weight is 232 g/mol. The third-order valence-corrected chi connectivity index (χ3v) is 1.34. The van der Waals surface area contributed by atoms with E-state index in [1.807, 2.05) is 0 Å². The number of carbonyl (C=O) groups excluding carboxylic acids is 1. The zero-order valence-electron chi connectivity index (χ0n) is 6.70. The molecule has 0 heterocycles. The Balaban J connectivity index is 0. The Hall–Kier alpha value is 0.114. The van der Waals surface area contributed by atoms with Crippen LogP contribution in [0.2, 0.25) is 0 Å². The number of rotatable bonds is 4. The second-order valence-corrected chi connectivity index (χ2v) is 2.29. The van der Waals surface area contributed by atoms with Crippen molar-refractivity contribution in [2.45, 2.75) is 20.3 Å². The number of aliphatic carboxylic acids is 1. The molecule has 1 unspecified atom stereocenters. The van der Waals surface area contributed by atoms with Crippen molar-refractivity contribution in [3.63, 3.8) is 0 Å². The first-order chi connectivity index (χ1) is 4.54. The predicted molar refractivity (Wildman–Crippen MR) is 36.4 cm³/mol. The monoisotopic (exact) mass is 232 g/mol. The van der Waals surface area contributed by atoms with Crippen LogP contribution in [-0.2, 0) is 42.3 Å². The minimum absolute atomic E-state index is 0. The molecular formula is C7H11O3Y-. The van der Waals surface area contributed by atoms with Gasteiger partial charge in [-0.05, 0) is 12.8 Å². The zero-order valence-corrected chi connectivity index (χ0v) is 9.54. The van der Waals surface area contributed by atoms with Crippen molar-refractivity contribution in [1.29, 1.82) is 0 Å². The van der Waals surface area contributed by atoms with Crippen molar-refractivity contribution in [1.82, 2.24) is 0 Å². The molecule has 0 fully saturated rings. The van der Waals surface area contributed by atoms with Gasteiger partial charge in [-0.2, -0.15) is 0 Å². The van der Waals surface area contributed by atoms with Crippen LogP contribution >= 0.6 is 0 Å². The van der Waals surface area contributed by atoms with Gasteiger partial charge in [0.05, 0.1) is 0 Å². The van der Waals surface area contributed by atoms with Crippen LogP contribution in [0.15, 0.2) is 0 Å². The molecule has 0 aromatic rings. The zero-order chi connectivity index (χ0) is 8.15. The summed E-state index contributed by atoms with van der Waals surface area (Å²) in [5.74, 6) is -1.11. The molecule has 11 heavy (non-hydrogen) atoms. The molecule has 1 N–H and O–H groups in total.